The minimum atomic E-state index is -0.473. The smallest absolute Gasteiger partial charge is 0.260 e. The van der Waals surface area contributed by atoms with Crippen molar-refractivity contribution in [3.05, 3.63) is 64.3 Å². The van der Waals surface area contributed by atoms with E-state index in [0.29, 0.717) is 19.6 Å². The number of carbonyl (C=O) groups is 1. The zero-order valence-electron chi connectivity index (χ0n) is 13.7. The number of carbonyl (C=O) groups excluding carboxylic acids is 1. The van der Waals surface area contributed by atoms with E-state index in [2.05, 4.69) is 0 Å². The van der Waals surface area contributed by atoms with Crippen molar-refractivity contribution in [1.29, 1.82) is 0 Å². The molecule has 1 aromatic carbocycles. The maximum absolute atomic E-state index is 13.6. The quantitative estimate of drug-likeness (QED) is 0.857. The van der Waals surface area contributed by atoms with Crippen LogP contribution in [0.4, 0.5) is 4.39 Å². The van der Waals surface area contributed by atoms with Crippen LogP contribution in [-0.4, -0.2) is 35.1 Å². The van der Waals surface area contributed by atoms with E-state index in [1.54, 1.807) is 29.2 Å². The van der Waals surface area contributed by atoms with Gasteiger partial charge in [0.15, 0.2) is 18.2 Å². The number of para-hydroxylation sites is 1. The van der Waals surface area contributed by atoms with Crippen molar-refractivity contribution in [3.63, 3.8) is 0 Å². The van der Waals surface area contributed by atoms with Gasteiger partial charge in [0.05, 0.1) is 0 Å². The van der Waals surface area contributed by atoms with Crippen LogP contribution >= 0.6 is 0 Å². The number of likely N-dealkylation sites (tertiary alicyclic amines) is 1. The number of nitrogens with zero attached hydrogens (tertiary/aromatic N) is 2. The van der Waals surface area contributed by atoms with Gasteiger partial charge in [0.25, 0.3) is 11.5 Å². The van der Waals surface area contributed by atoms with E-state index >= 15 is 0 Å². The molecule has 3 heterocycles. The molecule has 5 nitrogen and oxygen atoms in total. The molecule has 0 spiro atoms. The molecule has 2 aliphatic rings. The summed E-state index contributed by atoms with van der Waals surface area (Å²) in [5, 5.41) is 0. The summed E-state index contributed by atoms with van der Waals surface area (Å²) in [5.41, 5.74) is 1.02. The van der Waals surface area contributed by atoms with Gasteiger partial charge in [-0.05, 0) is 30.5 Å². The molecule has 2 aliphatic heterocycles. The van der Waals surface area contributed by atoms with Gasteiger partial charge in [-0.1, -0.05) is 18.2 Å². The summed E-state index contributed by atoms with van der Waals surface area (Å²) in [4.78, 5) is 26.3. The standard InChI is InChI=1S/C19H19FN2O3/c20-15-4-1-2-6-17(15)25-12-19(24)21-9-13-8-14(11-21)16-5-3-7-18(23)22(16)10-13/h1-7,13-14H,8-12H2/t13-,14+/m0/s1. The number of hydrogen-bond donors (Lipinski definition) is 0. The first-order valence-corrected chi connectivity index (χ1v) is 8.46. The number of piperidine rings is 1. The summed E-state index contributed by atoms with van der Waals surface area (Å²) < 4.78 is 20.8. The van der Waals surface area contributed by atoms with Crippen molar-refractivity contribution in [3.8, 4) is 5.75 Å². The molecule has 1 amide bonds. The number of halogens is 1. The molecule has 1 saturated heterocycles. The van der Waals surface area contributed by atoms with E-state index in [0.717, 1.165) is 12.1 Å². The minimum absolute atomic E-state index is 0.0230. The number of ether oxygens (including phenoxy) is 1. The van der Waals surface area contributed by atoms with Crippen LogP contribution in [0.1, 0.15) is 18.0 Å². The third kappa shape index (κ3) is 3.04. The average Bonchev–Trinajstić information content (AvgIpc) is 2.61. The predicted molar refractivity (Wildman–Crippen MR) is 90.0 cm³/mol. The summed E-state index contributed by atoms with van der Waals surface area (Å²) in [6.07, 6.45) is 0.988. The number of amides is 1. The highest BCUT2D eigenvalue weighted by molar-refractivity contribution is 5.78. The van der Waals surface area contributed by atoms with E-state index in [-0.39, 0.29) is 35.7 Å². The fourth-order valence-corrected chi connectivity index (χ4v) is 3.89. The van der Waals surface area contributed by atoms with E-state index in [1.807, 2.05) is 10.6 Å². The number of rotatable bonds is 3. The van der Waals surface area contributed by atoms with E-state index in [9.17, 15) is 14.0 Å². The molecular weight excluding hydrogens is 323 g/mol. The highest BCUT2D eigenvalue weighted by Gasteiger charge is 2.36. The highest BCUT2D eigenvalue weighted by atomic mass is 19.1. The van der Waals surface area contributed by atoms with Crippen LogP contribution in [0.2, 0.25) is 0 Å². The molecule has 6 heteroatoms. The highest BCUT2D eigenvalue weighted by Crippen LogP contribution is 2.34. The van der Waals surface area contributed by atoms with Gasteiger partial charge in [-0.25, -0.2) is 4.39 Å². The van der Waals surface area contributed by atoms with Crippen LogP contribution in [0.15, 0.2) is 47.3 Å². The Kier molecular flexibility index (Phi) is 4.03. The molecule has 0 N–H and O–H groups in total. The van der Waals surface area contributed by atoms with Crippen molar-refractivity contribution >= 4 is 5.91 Å². The lowest BCUT2D eigenvalue weighted by Crippen LogP contribution is -2.50. The molecule has 0 saturated carbocycles. The molecule has 2 bridgehead atoms. The van der Waals surface area contributed by atoms with Crippen molar-refractivity contribution in [2.24, 2.45) is 5.92 Å². The first-order chi connectivity index (χ1) is 12.1. The maximum atomic E-state index is 13.6. The Balaban J connectivity index is 1.46. The average molecular weight is 342 g/mol. The molecule has 0 unspecified atom stereocenters. The SMILES string of the molecule is O=C(COc1ccccc1F)N1C[C@@H]2C[C@H](C1)c1cccc(=O)n1C2. The van der Waals surface area contributed by atoms with Gasteiger partial charge < -0.3 is 14.2 Å². The molecule has 1 fully saturated rings. The first kappa shape index (κ1) is 15.9. The van der Waals surface area contributed by atoms with E-state index in [1.165, 1.54) is 12.1 Å². The lowest BCUT2D eigenvalue weighted by atomic mass is 9.83. The molecule has 2 aromatic rings. The molecule has 0 radical (unpaired) electrons. The van der Waals surface area contributed by atoms with Crippen LogP contribution in [-0.2, 0) is 11.3 Å². The van der Waals surface area contributed by atoms with Gasteiger partial charge in [0.1, 0.15) is 0 Å². The number of fused-ring (bicyclic) bond motifs is 4. The van der Waals surface area contributed by atoms with Crippen LogP contribution in [0, 0.1) is 11.7 Å². The predicted octanol–water partition coefficient (Wildman–Crippen LogP) is 2.01. The van der Waals surface area contributed by atoms with Gasteiger partial charge in [0, 0.05) is 37.3 Å². The lowest BCUT2D eigenvalue weighted by Gasteiger charge is -2.42. The molecule has 25 heavy (non-hydrogen) atoms. The zero-order valence-corrected chi connectivity index (χ0v) is 13.7. The number of aromatic nitrogens is 1. The Morgan fingerprint density at radius 3 is 2.80 bits per heavy atom. The second kappa shape index (κ2) is 6.35. The van der Waals surface area contributed by atoms with E-state index < -0.39 is 5.82 Å². The second-order valence-electron chi connectivity index (χ2n) is 6.72. The van der Waals surface area contributed by atoms with Gasteiger partial charge >= 0.3 is 0 Å². The fourth-order valence-electron chi connectivity index (χ4n) is 3.89. The zero-order chi connectivity index (χ0) is 17.4. The molecule has 0 aliphatic carbocycles. The number of hydrogen-bond acceptors (Lipinski definition) is 3. The number of pyridine rings is 1. The monoisotopic (exact) mass is 342 g/mol. The van der Waals surface area contributed by atoms with Crippen LogP contribution < -0.4 is 10.3 Å². The first-order valence-electron chi connectivity index (χ1n) is 8.46. The van der Waals surface area contributed by atoms with Gasteiger partial charge in [-0.15, -0.1) is 0 Å². The lowest BCUT2D eigenvalue weighted by molar-refractivity contribution is -0.136. The summed E-state index contributed by atoms with van der Waals surface area (Å²) in [7, 11) is 0. The van der Waals surface area contributed by atoms with Gasteiger partial charge in [-0.2, -0.15) is 0 Å². The van der Waals surface area contributed by atoms with Gasteiger partial charge in [-0.3, -0.25) is 9.59 Å². The van der Waals surface area contributed by atoms with Crippen molar-refractivity contribution in [2.45, 2.75) is 18.9 Å². The summed E-state index contributed by atoms with van der Waals surface area (Å²) >= 11 is 0. The summed E-state index contributed by atoms with van der Waals surface area (Å²) in [5.74, 6) is -0.101. The topological polar surface area (TPSA) is 51.5 Å². The van der Waals surface area contributed by atoms with Crippen LogP contribution in [0.5, 0.6) is 5.75 Å². The fraction of sp³-hybridized carbons (Fsp3) is 0.368. The summed E-state index contributed by atoms with van der Waals surface area (Å²) in [6, 6.07) is 11.4. The van der Waals surface area contributed by atoms with Crippen molar-refractivity contribution in [1.82, 2.24) is 9.47 Å². The molecule has 4 rings (SSSR count). The Bertz CT molecular complexity index is 864. The maximum Gasteiger partial charge on any atom is 0.260 e. The minimum Gasteiger partial charge on any atom is -0.481 e. The largest absolute Gasteiger partial charge is 0.481 e. The molecular formula is C19H19FN2O3. The molecule has 2 atom stereocenters. The third-order valence-corrected chi connectivity index (χ3v) is 5.02. The van der Waals surface area contributed by atoms with Crippen LogP contribution in [0.25, 0.3) is 0 Å². The normalized spacial score (nSPS) is 21.6. The molecule has 130 valence electrons. The van der Waals surface area contributed by atoms with Crippen LogP contribution in [0.3, 0.4) is 0 Å². The Hall–Kier alpha value is -2.63. The van der Waals surface area contributed by atoms with E-state index in [4.69, 9.17) is 4.74 Å². The molecule has 1 aromatic heterocycles. The summed E-state index contributed by atoms with van der Waals surface area (Å²) in [6.45, 7) is 1.64. The van der Waals surface area contributed by atoms with Crippen molar-refractivity contribution in [2.75, 3.05) is 19.7 Å². The Morgan fingerprint density at radius 2 is 1.96 bits per heavy atom. The number of benzene rings is 1. The Labute approximate surface area is 144 Å². The van der Waals surface area contributed by atoms with Crippen molar-refractivity contribution < 1.29 is 13.9 Å². The third-order valence-electron chi connectivity index (χ3n) is 5.02. The van der Waals surface area contributed by atoms with Gasteiger partial charge in [0.2, 0.25) is 0 Å². The Morgan fingerprint density at radius 1 is 1.12 bits per heavy atom. The second-order valence-corrected chi connectivity index (χ2v) is 6.72.